The van der Waals surface area contributed by atoms with Gasteiger partial charge in [-0.25, -0.2) is 4.98 Å². The average molecular weight is 405 g/mol. The number of nitrogens with one attached hydrogen (secondary N) is 1. The molecule has 0 unspecified atom stereocenters. The van der Waals surface area contributed by atoms with Gasteiger partial charge in [0.1, 0.15) is 5.52 Å². The minimum absolute atomic E-state index is 0. The smallest absolute Gasteiger partial charge is 0.196 e. The fourth-order valence-corrected chi connectivity index (χ4v) is 4.51. The van der Waals surface area contributed by atoms with Gasteiger partial charge in [-0.15, -0.1) is 12.4 Å². The molecular formula is C21H29ClN4O2. The van der Waals surface area contributed by atoms with E-state index in [0.717, 1.165) is 69.3 Å². The van der Waals surface area contributed by atoms with E-state index in [-0.39, 0.29) is 12.4 Å². The number of piperidine rings is 1. The summed E-state index contributed by atoms with van der Waals surface area (Å²) in [4.78, 5) is 13.2. The molecule has 0 amide bonds. The molecule has 0 radical (unpaired) electrons. The first-order chi connectivity index (χ1) is 13.3. The summed E-state index contributed by atoms with van der Waals surface area (Å²) in [5, 5.41) is 1.27. The number of nitrogens with zero attached hydrogens (tertiary/aromatic N) is 3. The van der Waals surface area contributed by atoms with Crippen molar-refractivity contribution >= 4 is 34.4 Å². The molecule has 152 valence electrons. The lowest BCUT2D eigenvalue weighted by atomic mass is 9.89. The van der Waals surface area contributed by atoms with Gasteiger partial charge in [0.25, 0.3) is 0 Å². The van der Waals surface area contributed by atoms with Gasteiger partial charge in [-0.3, -0.25) is 4.90 Å². The highest BCUT2D eigenvalue weighted by Crippen LogP contribution is 2.36. The van der Waals surface area contributed by atoms with Crippen LogP contribution in [-0.4, -0.2) is 72.8 Å². The first-order valence-electron chi connectivity index (χ1n) is 10.2. The van der Waals surface area contributed by atoms with Gasteiger partial charge >= 0.3 is 0 Å². The Balaban J connectivity index is 0.00000192. The second-order valence-electron chi connectivity index (χ2n) is 7.97. The molecule has 4 heterocycles. The maximum atomic E-state index is 6.10. The van der Waals surface area contributed by atoms with Gasteiger partial charge in [-0.1, -0.05) is 0 Å². The van der Waals surface area contributed by atoms with E-state index in [4.69, 9.17) is 14.1 Å². The fourth-order valence-electron chi connectivity index (χ4n) is 4.51. The molecule has 2 aromatic heterocycles. The van der Waals surface area contributed by atoms with E-state index >= 15 is 0 Å². The largest absolute Gasteiger partial charge is 0.441 e. The summed E-state index contributed by atoms with van der Waals surface area (Å²) in [5.74, 6) is 1.45. The normalized spacial score (nSPS) is 20.0. The Morgan fingerprint density at radius 1 is 1.14 bits per heavy atom. The van der Waals surface area contributed by atoms with Crippen LogP contribution in [0.3, 0.4) is 0 Å². The molecule has 0 aliphatic carbocycles. The van der Waals surface area contributed by atoms with E-state index in [1.165, 1.54) is 29.3 Å². The van der Waals surface area contributed by atoms with Gasteiger partial charge in [0.2, 0.25) is 0 Å². The molecule has 0 atom stereocenters. The Kier molecular flexibility index (Phi) is 5.92. The highest BCUT2D eigenvalue weighted by Gasteiger charge is 2.23. The lowest BCUT2D eigenvalue weighted by molar-refractivity contribution is 0.0378. The highest BCUT2D eigenvalue weighted by atomic mass is 35.5. The van der Waals surface area contributed by atoms with Gasteiger partial charge in [0, 0.05) is 43.2 Å². The number of benzene rings is 1. The van der Waals surface area contributed by atoms with E-state index in [9.17, 15) is 0 Å². The number of aromatic amines is 1. The third kappa shape index (κ3) is 3.79. The summed E-state index contributed by atoms with van der Waals surface area (Å²) >= 11 is 0. The van der Waals surface area contributed by atoms with Crippen LogP contribution in [0.2, 0.25) is 0 Å². The number of ether oxygens (including phenoxy) is 1. The second-order valence-corrected chi connectivity index (χ2v) is 7.97. The predicted octanol–water partition coefficient (Wildman–Crippen LogP) is 3.41. The Morgan fingerprint density at radius 2 is 1.93 bits per heavy atom. The van der Waals surface area contributed by atoms with Crippen LogP contribution < -0.4 is 0 Å². The summed E-state index contributed by atoms with van der Waals surface area (Å²) in [5.41, 5.74) is 4.52. The standard InChI is InChI=1S/C21H28N4O2.ClH/c1-24-7-4-15(5-8-24)16-14-22-17-2-3-18-21(20(16)17)23-19(27-18)6-9-25-10-12-26-13-11-25;/h2-3,14-15,22H,4-13H2,1H3;1H. The molecule has 1 aromatic carbocycles. The summed E-state index contributed by atoms with van der Waals surface area (Å²) in [7, 11) is 2.21. The zero-order valence-electron chi connectivity index (χ0n) is 16.4. The Bertz CT molecular complexity index is 923. The van der Waals surface area contributed by atoms with Gasteiger partial charge in [0.15, 0.2) is 11.5 Å². The van der Waals surface area contributed by atoms with Crippen molar-refractivity contribution in [2.24, 2.45) is 0 Å². The van der Waals surface area contributed by atoms with E-state index in [0.29, 0.717) is 5.92 Å². The second kappa shape index (κ2) is 8.41. The van der Waals surface area contributed by atoms with Crippen molar-refractivity contribution in [3.8, 4) is 0 Å². The van der Waals surface area contributed by atoms with Crippen LogP contribution in [0.1, 0.15) is 30.2 Å². The average Bonchev–Trinajstić information content (AvgIpc) is 3.31. The molecule has 0 bridgehead atoms. The van der Waals surface area contributed by atoms with Crippen LogP contribution in [0.15, 0.2) is 22.7 Å². The van der Waals surface area contributed by atoms with Crippen molar-refractivity contribution in [1.82, 2.24) is 19.8 Å². The number of aromatic nitrogens is 2. The van der Waals surface area contributed by atoms with Crippen LogP contribution in [0.25, 0.3) is 22.0 Å². The number of oxazole rings is 1. The number of fused-ring (bicyclic) bond motifs is 3. The molecule has 5 rings (SSSR count). The van der Waals surface area contributed by atoms with Crippen molar-refractivity contribution in [1.29, 1.82) is 0 Å². The number of hydrogen-bond donors (Lipinski definition) is 1. The van der Waals surface area contributed by atoms with E-state index in [1.807, 2.05) is 0 Å². The molecule has 2 aliphatic heterocycles. The van der Waals surface area contributed by atoms with Crippen LogP contribution in [0.5, 0.6) is 0 Å². The summed E-state index contributed by atoms with van der Waals surface area (Å²) in [6.45, 7) is 6.97. The summed E-state index contributed by atoms with van der Waals surface area (Å²) < 4.78 is 11.5. The monoisotopic (exact) mass is 404 g/mol. The highest BCUT2D eigenvalue weighted by molar-refractivity contribution is 6.04. The number of rotatable bonds is 4. The third-order valence-electron chi connectivity index (χ3n) is 6.18. The van der Waals surface area contributed by atoms with Gasteiger partial charge in [-0.2, -0.15) is 0 Å². The van der Waals surface area contributed by atoms with Crippen molar-refractivity contribution in [2.75, 3.05) is 53.0 Å². The SMILES string of the molecule is CN1CCC(c2c[nH]c3ccc4oc(CCN5CCOCC5)nc4c23)CC1.Cl. The molecule has 2 aliphatic rings. The zero-order valence-corrected chi connectivity index (χ0v) is 17.3. The van der Waals surface area contributed by atoms with Crippen molar-refractivity contribution in [3.63, 3.8) is 0 Å². The first-order valence-corrected chi connectivity index (χ1v) is 10.2. The van der Waals surface area contributed by atoms with E-state index < -0.39 is 0 Å². The number of H-pyrrole nitrogens is 1. The van der Waals surface area contributed by atoms with Crippen molar-refractivity contribution in [2.45, 2.75) is 25.2 Å². The van der Waals surface area contributed by atoms with Crippen LogP contribution in [0.4, 0.5) is 0 Å². The molecule has 3 aromatic rings. The summed E-state index contributed by atoms with van der Waals surface area (Å²) in [6.07, 6.45) is 5.47. The maximum absolute atomic E-state index is 6.10. The third-order valence-corrected chi connectivity index (χ3v) is 6.18. The minimum atomic E-state index is 0. The van der Waals surface area contributed by atoms with Crippen LogP contribution in [0, 0.1) is 0 Å². The maximum Gasteiger partial charge on any atom is 0.196 e. The van der Waals surface area contributed by atoms with Crippen LogP contribution in [-0.2, 0) is 11.2 Å². The molecular weight excluding hydrogens is 376 g/mol. The first kappa shape index (κ1) is 19.7. The summed E-state index contributed by atoms with van der Waals surface area (Å²) in [6, 6.07) is 4.19. The van der Waals surface area contributed by atoms with E-state index in [1.54, 1.807) is 0 Å². The lowest BCUT2D eigenvalue weighted by Crippen LogP contribution is -2.37. The molecule has 6 nitrogen and oxygen atoms in total. The number of halogens is 1. The Hall–Kier alpha value is -1.60. The predicted molar refractivity (Wildman–Crippen MR) is 114 cm³/mol. The molecule has 2 fully saturated rings. The molecule has 0 spiro atoms. The van der Waals surface area contributed by atoms with Gasteiger partial charge in [0.05, 0.1) is 13.2 Å². The molecule has 1 N–H and O–H groups in total. The van der Waals surface area contributed by atoms with Gasteiger partial charge in [-0.05, 0) is 56.6 Å². The Labute approximate surface area is 171 Å². The Morgan fingerprint density at radius 3 is 2.71 bits per heavy atom. The van der Waals surface area contributed by atoms with Crippen LogP contribution >= 0.6 is 12.4 Å². The number of hydrogen-bond acceptors (Lipinski definition) is 5. The van der Waals surface area contributed by atoms with Crippen molar-refractivity contribution in [3.05, 3.63) is 29.8 Å². The van der Waals surface area contributed by atoms with Gasteiger partial charge < -0.3 is 19.0 Å². The molecule has 7 heteroatoms. The van der Waals surface area contributed by atoms with Crippen molar-refractivity contribution < 1.29 is 9.15 Å². The topological polar surface area (TPSA) is 57.5 Å². The van der Waals surface area contributed by atoms with E-state index in [2.05, 4.69) is 40.2 Å². The molecule has 0 saturated carbocycles. The number of likely N-dealkylation sites (tertiary alicyclic amines) is 1. The lowest BCUT2D eigenvalue weighted by Gasteiger charge is -2.28. The number of morpholine rings is 1. The molecule has 2 saturated heterocycles. The zero-order chi connectivity index (χ0) is 18.2. The quantitative estimate of drug-likeness (QED) is 0.722. The minimum Gasteiger partial charge on any atom is -0.441 e. The molecule has 28 heavy (non-hydrogen) atoms. The fraction of sp³-hybridized carbons (Fsp3) is 0.571.